The third-order valence-corrected chi connectivity index (χ3v) is 3.01. The van der Waals surface area contributed by atoms with Gasteiger partial charge in [0.25, 0.3) is 0 Å². The smallest absolute Gasteiger partial charge is 0.335 e. The van der Waals surface area contributed by atoms with E-state index in [-0.39, 0.29) is 11.6 Å². The molecule has 21 heavy (non-hydrogen) atoms. The monoisotopic (exact) mass is 288 g/mol. The molecule has 7 nitrogen and oxygen atoms in total. The zero-order valence-corrected chi connectivity index (χ0v) is 11.7. The predicted molar refractivity (Wildman–Crippen MR) is 77.3 cm³/mol. The van der Waals surface area contributed by atoms with Gasteiger partial charge < -0.3 is 20.7 Å². The maximum Gasteiger partial charge on any atom is 0.335 e. The van der Waals surface area contributed by atoms with Crippen molar-refractivity contribution in [2.24, 2.45) is 0 Å². The number of rotatable bonds is 4. The summed E-state index contributed by atoms with van der Waals surface area (Å²) in [6.45, 7) is 3.58. The second kappa shape index (κ2) is 6.08. The Kier molecular flexibility index (Phi) is 4.22. The molecule has 0 saturated carbocycles. The summed E-state index contributed by atoms with van der Waals surface area (Å²) in [5.41, 5.74) is 1.36. The number of carbonyl (C=O) groups is 2. The first kappa shape index (κ1) is 14.6. The van der Waals surface area contributed by atoms with Gasteiger partial charge in [-0.1, -0.05) is 6.07 Å². The Hall–Kier alpha value is -2.83. The Morgan fingerprint density at radius 1 is 1.38 bits per heavy atom. The highest BCUT2D eigenvalue weighted by Gasteiger charge is 2.13. The zero-order valence-electron chi connectivity index (χ0n) is 11.7. The Morgan fingerprint density at radius 3 is 2.76 bits per heavy atom. The van der Waals surface area contributed by atoms with Crippen LogP contribution in [0.2, 0.25) is 0 Å². The molecule has 1 atom stereocenters. The molecule has 7 heteroatoms. The van der Waals surface area contributed by atoms with Crippen LogP contribution in [0.15, 0.2) is 30.6 Å². The predicted octanol–water partition coefficient (Wildman–Crippen LogP) is 2.30. The fourth-order valence-electron chi connectivity index (χ4n) is 1.83. The topological polar surface area (TPSA) is 107 Å². The molecule has 0 saturated heterocycles. The fourth-order valence-corrected chi connectivity index (χ4v) is 1.83. The number of aromatic nitrogens is 2. The third kappa shape index (κ3) is 3.59. The van der Waals surface area contributed by atoms with Crippen LogP contribution in [-0.4, -0.2) is 27.1 Å². The van der Waals surface area contributed by atoms with Gasteiger partial charge in [-0.05, 0) is 31.5 Å². The highest BCUT2D eigenvalue weighted by atomic mass is 16.4. The molecule has 4 N–H and O–H groups in total. The molecule has 0 aliphatic carbocycles. The molecule has 0 radical (unpaired) electrons. The third-order valence-electron chi connectivity index (χ3n) is 3.01. The lowest BCUT2D eigenvalue weighted by Crippen LogP contribution is -2.32. The van der Waals surface area contributed by atoms with Gasteiger partial charge >= 0.3 is 12.0 Å². The molecule has 110 valence electrons. The Morgan fingerprint density at radius 2 is 2.14 bits per heavy atom. The molecule has 2 rings (SSSR count). The lowest BCUT2D eigenvalue weighted by Gasteiger charge is -2.14. The Bertz CT molecular complexity index is 652. The van der Waals surface area contributed by atoms with Gasteiger partial charge in [0, 0.05) is 18.1 Å². The SMILES string of the molecule is Cc1ccc(C(=O)O)cc1NC(=O)NC(C)c1ncc[nH]1. The Balaban J connectivity index is 2.05. The van der Waals surface area contributed by atoms with Crippen molar-refractivity contribution in [1.29, 1.82) is 0 Å². The largest absolute Gasteiger partial charge is 0.478 e. The highest BCUT2D eigenvalue weighted by molar-refractivity contribution is 5.94. The molecular formula is C14H16N4O3. The normalized spacial score (nSPS) is 11.7. The molecule has 1 aromatic carbocycles. The number of benzene rings is 1. The molecule has 0 aliphatic rings. The number of amides is 2. The van der Waals surface area contributed by atoms with Gasteiger partial charge in [-0.3, -0.25) is 0 Å². The summed E-state index contributed by atoms with van der Waals surface area (Å²) in [7, 11) is 0. The van der Waals surface area contributed by atoms with Crippen LogP contribution < -0.4 is 10.6 Å². The van der Waals surface area contributed by atoms with Gasteiger partial charge in [-0.25, -0.2) is 14.6 Å². The summed E-state index contributed by atoms with van der Waals surface area (Å²) in [5, 5.41) is 14.3. The number of anilines is 1. The number of carboxylic acid groups (broad SMARTS) is 1. The van der Waals surface area contributed by atoms with E-state index in [0.717, 1.165) is 5.56 Å². The number of hydrogen-bond donors (Lipinski definition) is 4. The first-order valence-corrected chi connectivity index (χ1v) is 6.38. The van der Waals surface area contributed by atoms with Crippen LogP contribution in [0.5, 0.6) is 0 Å². The summed E-state index contributed by atoms with van der Waals surface area (Å²) in [6, 6.07) is 3.85. The number of carboxylic acids is 1. The summed E-state index contributed by atoms with van der Waals surface area (Å²) in [5.74, 6) is -0.399. The van der Waals surface area contributed by atoms with Gasteiger partial charge in [0.2, 0.25) is 0 Å². The highest BCUT2D eigenvalue weighted by Crippen LogP contribution is 2.17. The van der Waals surface area contributed by atoms with Crippen molar-refractivity contribution in [3.63, 3.8) is 0 Å². The van der Waals surface area contributed by atoms with Crippen molar-refractivity contribution < 1.29 is 14.7 Å². The van der Waals surface area contributed by atoms with Crippen molar-refractivity contribution >= 4 is 17.7 Å². The number of aryl methyl sites for hydroxylation is 1. The lowest BCUT2D eigenvalue weighted by molar-refractivity contribution is 0.0697. The van der Waals surface area contributed by atoms with Crippen LogP contribution in [0.4, 0.5) is 10.5 Å². The summed E-state index contributed by atoms with van der Waals surface area (Å²) < 4.78 is 0. The van der Waals surface area contributed by atoms with Gasteiger partial charge in [0.1, 0.15) is 5.82 Å². The molecule has 0 aliphatic heterocycles. The lowest BCUT2D eigenvalue weighted by atomic mass is 10.1. The van der Waals surface area contributed by atoms with E-state index in [1.54, 1.807) is 32.3 Å². The number of nitrogens with zero attached hydrogens (tertiary/aromatic N) is 1. The van der Waals surface area contributed by atoms with E-state index in [9.17, 15) is 9.59 Å². The minimum Gasteiger partial charge on any atom is -0.478 e. The van der Waals surface area contributed by atoms with E-state index in [0.29, 0.717) is 11.5 Å². The number of hydrogen-bond acceptors (Lipinski definition) is 3. The fraction of sp³-hybridized carbons (Fsp3) is 0.214. The molecule has 1 aromatic heterocycles. The maximum atomic E-state index is 11.9. The zero-order chi connectivity index (χ0) is 15.4. The van der Waals surface area contributed by atoms with Crippen molar-refractivity contribution in [2.75, 3.05) is 5.32 Å². The number of H-pyrrole nitrogens is 1. The van der Waals surface area contributed by atoms with Crippen LogP contribution in [0.25, 0.3) is 0 Å². The number of imidazole rings is 1. The molecule has 0 bridgehead atoms. The summed E-state index contributed by atoms with van der Waals surface area (Å²) >= 11 is 0. The van der Waals surface area contributed by atoms with Gasteiger partial charge in [0.15, 0.2) is 0 Å². The second-order valence-corrected chi connectivity index (χ2v) is 4.63. The van der Waals surface area contributed by atoms with Gasteiger partial charge in [-0.15, -0.1) is 0 Å². The van der Waals surface area contributed by atoms with Crippen molar-refractivity contribution in [1.82, 2.24) is 15.3 Å². The van der Waals surface area contributed by atoms with E-state index >= 15 is 0 Å². The van der Waals surface area contributed by atoms with Crippen molar-refractivity contribution in [2.45, 2.75) is 19.9 Å². The summed E-state index contributed by atoms with van der Waals surface area (Å²) in [6.07, 6.45) is 3.28. The van der Waals surface area contributed by atoms with E-state index in [4.69, 9.17) is 5.11 Å². The minimum atomic E-state index is -1.04. The van der Waals surface area contributed by atoms with Crippen LogP contribution in [0.1, 0.15) is 34.7 Å². The quantitative estimate of drug-likeness (QED) is 0.692. The first-order valence-electron chi connectivity index (χ1n) is 6.38. The number of aromatic carboxylic acids is 1. The van der Waals surface area contributed by atoms with Gasteiger partial charge in [-0.2, -0.15) is 0 Å². The first-order chi connectivity index (χ1) is 9.97. The van der Waals surface area contributed by atoms with Crippen molar-refractivity contribution in [3.8, 4) is 0 Å². The number of carbonyl (C=O) groups excluding carboxylic acids is 1. The number of nitrogens with one attached hydrogen (secondary N) is 3. The van der Waals surface area contributed by atoms with E-state index < -0.39 is 12.0 Å². The molecule has 1 heterocycles. The summed E-state index contributed by atoms with van der Waals surface area (Å²) in [4.78, 5) is 29.8. The Labute approximate surface area is 121 Å². The number of aromatic amines is 1. The van der Waals surface area contributed by atoms with E-state index in [1.165, 1.54) is 12.1 Å². The van der Waals surface area contributed by atoms with Crippen molar-refractivity contribution in [3.05, 3.63) is 47.5 Å². The van der Waals surface area contributed by atoms with Crippen LogP contribution in [0, 0.1) is 6.92 Å². The molecule has 0 fully saturated rings. The maximum absolute atomic E-state index is 11.9. The van der Waals surface area contributed by atoms with Crippen LogP contribution in [0.3, 0.4) is 0 Å². The average Bonchev–Trinajstić information content (AvgIpc) is 2.95. The minimum absolute atomic E-state index is 0.120. The van der Waals surface area contributed by atoms with Crippen LogP contribution >= 0.6 is 0 Å². The van der Waals surface area contributed by atoms with E-state index in [2.05, 4.69) is 20.6 Å². The number of urea groups is 1. The molecule has 1 unspecified atom stereocenters. The molecule has 2 aromatic rings. The molecule has 2 amide bonds. The second-order valence-electron chi connectivity index (χ2n) is 4.63. The molecular weight excluding hydrogens is 272 g/mol. The standard InChI is InChI=1S/C14H16N4O3/c1-8-3-4-10(13(19)20)7-11(8)18-14(21)17-9(2)12-15-5-6-16-12/h3-7,9H,1-2H3,(H,15,16)(H,19,20)(H2,17,18,21). The van der Waals surface area contributed by atoms with Gasteiger partial charge in [0.05, 0.1) is 11.6 Å². The average molecular weight is 288 g/mol. The van der Waals surface area contributed by atoms with E-state index in [1.807, 2.05) is 0 Å². The molecule has 0 spiro atoms. The van der Waals surface area contributed by atoms with Crippen LogP contribution in [-0.2, 0) is 0 Å².